The molecule has 154 valence electrons. The Hall–Kier alpha value is -2.34. The van der Waals surface area contributed by atoms with Crippen molar-refractivity contribution in [1.82, 2.24) is 19.9 Å². The molecule has 0 aliphatic carbocycles. The zero-order valence-electron chi connectivity index (χ0n) is 16.4. The molecular formula is C23H22Cl2N4O. The zero-order chi connectivity index (χ0) is 20.7. The molecule has 3 heterocycles. The first-order valence-corrected chi connectivity index (χ1v) is 11.0. The Morgan fingerprint density at radius 2 is 1.97 bits per heavy atom. The van der Waals surface area contributed by atoms with Crippen LogP contribution in [-0.2, 0) is 6.42 Å². The molecule has 5 rings (SSSR count). The minimum atomic E-state index is -0.150. The van der Waals surface area contributed by atoms with E-state index in [1.807, 2.05) is 24.3 Å². The minimum Gasteiger partial charge on any atom is -0.361 e. The van der Waals surface area contributed by atoms with Gasteiger partial charge in [-0.3, -0.25) is 4.79 Å². The van der Waals surface area contributed by atoms with Gasteiger partial charge in [0.2, 0.25) is 0 Å². The van der Waals surface area contributed by atoms with Gasteiger partial charge in [-0.05, 0) is 62.2 Å². The van der Waals surface area contributed by atoms with E-state index in [4.69, 9.17) is 28.2 Å². The minimum absolute atomic E-state index is 0.150. The van der Waals surface area contributed by atoms with Crippen LogP contribution in [0.1, 0.15) is 30.1 Å². The van der Waals surface area contributed by atoms with Crippen molar-refractivity contribution in [3.63, 3.8) is 0 Å². The van der Waals surface area contributed by atoms with Crippen LogP contribution in [0.4, 0.5) is 0 Å². The van der Waals surface area contributed by atoms with Crippen molar-refractivity contribution in [2.75, 3.05) is 19.6 Å². The number of rotatable bonds is 4. The lowest BCUT2D eigenvalue weighted by Crippen LogP contribution is -2.35. The molecule has 30 heavy (non-hydrogen) atoms. The lowest BCUT2D eigenvalue weighted by molar-refractivity contribution is 0.211. The third-order valence-electron chi connectivity index (χ3n) is 6.10. The summed E-state index contributed by atoms with van der Waals surface area (Å²) in [6.07, 6.45) is 5.05. The van der Waals surface area contributed by atoms with Gasteiger partial charge in [0.25, 0.3) is 5.56 Å². The maximum absolute atomic E-state index is 12.5. The molecule has 0 radical (unpaired) electrons. The van der Waals surface area contributed by atoms with E-state index >= 15 is 0 Å². The van der Waals surface area contributed by atoms with Crippen molar-refractivity contribution in [2.24, 2.45) is 0 Å². The van der Waals surface area contributed by atoms with Crippen molar-refractivity contribution >= 4 is 45.0 Å². The first kappa shape index (κ1) is 19.6. The predicted octanol–water partition coefficient (Wildman–Crippen LogP) is 5.13. The van der Waals surface area contributed by atoms with Gasteiger partial charge in [0, 0.05) is 34.6 Å². The van der Waals surface area contributed by atoms with Crippen LogP contribution < -0.4 is 5.56 Å². The maximum Gasteiger partial charge on any atom is 0.260 e. The summed E-state index contributed by atoms with van der Waals surface area (Å²) >= 11 is 12.2. The molecule has 0 amide bonds. The van der Waals surface area contributed by atoms with Gasteiger partial charge >= 0.3 is 0 Å². The summed E-state index contributed by atoms with van der Waals surface area (Å²) in [6.45, 7) is 3.01. The van der Waals surface area contributed by atoms with Crippen molar-refractivity contribution in [1.29, 1.82) is 0 Å². The fraction of sp³-hybridized carbons (Fsp3) is 0.304. The Morgan fingerprint density at radius 1 is 1.13 bits per heavy atom. The molecule has 0 spiro atoms. The fourth-order valence-corrected chi connectivity index (χ4v) is 4.86. The normalized spacial score (nSPS) is 15.9. The molecule has 1 saturated heterocycles. The number of H-pyrrole nitrogens is 2. The van der Waals surface area contributed by atoms with E-state index < -0.39 is 0 Å². The van der Waals surface area contributed by atoms with E-state index in [-0.39, 0.29) is 11.5 Å². The lowest BCUT2D eigenvalue weighted by atomic mass is 9.95. The zero-order valence-corrected chi connectivity index (χ0v) is 17.9. The molecule has 7 heteroatoms. The first-order valence-electron chi connectivity index (χ1n) is 10.2. The quantitative estimate of drug-likeness (QED) is 0.461. The summed E-state index contributed by atoms with van der Waals surface area (Å²) in [6, 6.07) is 11.4. The van der Waals surface area contributed by atoms with E-state index in [2.05, 4.69) is 27.1 Å². The highest BCUT2D eigenvalue weighted by Gasteiger charge is 2.23. The molecule has 0 unspecified atom stereocenters. The molecule has 1 aliphatic heterocycles. The Kier molecular flexibility index (Phi) is 5.27. The van der Waals surface area contributed by atoms with Crippen molar-refractivity contribution in [3.8, 4) is 0 Å². The molecule has 4 aromatic rings. The number of benzene rings is 2. The summed E-state index contributed by atoms with van der Waals surface area (Å²) in [5, 5.41) is 2.91. The van der Waals surface area contributed by atoms with Crippen molar-refractivity contribution in [2.45, 2.75) is 25.2 Å². The Bertz CT molecular complexity index is 1270. The van der Waals surface area contributed by atoms with E-state index in [0.29, 0.717) is 15.9 Å². The number of fused-ring (bicyclic) bond motifs is 2. The van der Waals surface area contributed by atoms with E-state index in [9.17, 15) is 4.79 Å². The molecule has 0 bridgehead atoms. The second kappa shape index (κ2) is 8.06. The van der Waals surface area contributed by atoms with Gasteiger partial charge in [0.1, 0.15) is 5.82 Å². The lowest BCUT2D eigenvalue weighted by Gasteiger charge is -2.31. The average molecular weight is 441 g/mol. The SMILES string of the molecule is O=c1[nH]c(C2CCN(CCc3c[nH]c4cc(Cl)ccc34)CC2)nc2cccc(Cl)c12. The second-order valence-electron chi connectivity index (χ2n) is 7.95. The Balaban J connectivity index is 1.24. The molecule has 2 N–H and O–H groups in total. The summed E-state index contributed by atoms with van der Waals surface area (Å²) in [5.41, 5.74) is 2.93. The Labute approximate surface area is 184 Å². The number of nitrogens with zero attached hydrogens (tertiary/aromatic N) is 2. The van der Waals surface area contributed by atoms with Crippen LogP contribution >= 0.6 is 23.2 Å². The van der Waals surface area contributed by atoms with Crippen LogP contribution in [-0.4, -0.2) is 39.5 Å². The second-order valence-corrected chi connectivity index (χ2v) is 8.80. The highest BCUT2D eigenvalue weighted by molar-refractivity contribution is 6.35. The third-order valence-corrected chi connectivity index (χ3v) is 6.65. The predicted molar refractivity (Wildman–Crippen MR) is 123 cm³/mol. The summed E-state index contributed by atoms with van der Waals surface area (Å²) < 4.78 is 0. The van der Waals surface area contributed by atoms with E-state index in [0.717, 1.165) is 55.3 Å². The van der Waals surface area contributed by atoms with Gasteiger partial charge in [-0.2, -0.15) is 0 Å². The first-order chi connectivity index (χ1) is 14.6. The topological polar surface area (TPSA) is 64.8 Å². The van der Waals surface area contributed by atoms with Gasteiger partial charge < -0.3 is 14.9 Å². The standard InChI is InChI=1S/C23H22Cl2N4O/c24-16-4-5-17-15(13-26-20(17)12-16)8-11-29-9-6-14(7-10-29)22-27-19-3-1-2-18(25)21(19)23(30)28-22/h1-5,12-14,26H,6-11H2,(H,27,28,30). The molecule has 0 atom stereocenters. The van der Waals surface area contributed by atoms with Crippen molar-refractivity contribution < 1.29 is 0 Å². The van der Waals surface area contributed by atoms with Crippen molar-refractivity contribution in [3.05, 3.63) is 74.4 Å². The molecule has 2 aromatic carbocycles. The van der Waals surface area contributed by atoms with Crippen LogP contribution in [0, 0.1) is 0 Å². The summed E-state index contributed by atoms with van der Waals surface area (Å²) in [7, 11) is 0. The maximum atomic E-state index is 12.5. The van der Waals surface area contributed by atoms with Gasteiger partial charge in [-0.1, -0.05) is 35.3 Å². The number of likely N-dealkylation sites (tertiary alicyclic amines) is 1. The van der Waals surface area contributed by atoms with Gasteiger partial charge in [-0.25, -0.2) is 4.98 Å². The Morgan fingerprint density at radius 3 is 2.80 bits per heavy atom. The monoisotopic (exact) mass is 440 g/mol. The number of aromatic nitrogens is 3. The largest absolute Gasteiger partial charge is 0.361 e. The highest BCUT2D eigenvalue weighted by Crippen LogP contribution is 2.28. The van der Waals surface area contributed by atoms with Gasteiger partial charge in [0.15, 0.2) is 0 Å². The molecule has 2 aromatic heterocycles. The average Bonchev–Trinajstić information content (AvgIpc) is 3.14. The molecule has 1 fully saturated rings. The van der Waals surface area contributed by atoms with Crippen LogP contribution in [0.2, 0.25) is 10.0 Å². The van der Waals surface area contributed by atoms with E-state index in [1.54, 1.807) is 6.07 Å². The molecule has 1 aliphatic rings. The number of nitrogens with one attached hydrogen (secondary N) is 2. The number of piperidine rings is 1. The van der Waals surface area contributed by atoms with Crippen LogP contribution in [0.5, 0.6) is 0 Å². The molecular weight excluding hydrogens is 419 g/mol. The number of hydrogen-bond donors (Lipinski definition) is 2. The molecule has 5 nitrogen and oxygen atoms in total. The van der Waals surface area contributed by atoms with Gasteiger partial charge in [-0.15, -0.1) is 0 Å². The number of aromatic amines is 2. The van der Waals surface area contributed by atoms with Crippen LogP contribution in [0.25, 0.3) is 21.8 Å². The highest BCUT2D eigenvalue weighted by atomic mass is 35.5. The summed E-state index contributed by atoms with van der Waals surface area (Å²) in [4.78, 5) is 26.0. The number of hydrogen-bond acceptors (Lipinski definition) is 3. The smallest absolute Gasteiger partial charge is 0.260 e. The van der Waals surface area contributed by atoms with Crippen LogP contribution in [0.3, 0.4) is 0 Å². The summed E-state index contributed by atoms with van der Waals surface area (Å²) in [5.74, 6) is 1.05. The number of halogens is 2. The molecule has 0 saturated carbocycles. The fourth-order valence-electron chi connectivity index (χ4n) is 4.43. The third kappa shape index (κ3) is 3.73. The van der Waals surface area contributed by atoms with Crippen LogP contribution in [0.15, 0.2) is 47.4 Å². The van der Waals surface area contributed by atoms with E-state index in [1.165, 1.54) is 10.9 Å². The van der Waals surface area contributed by atoms with Gasteiger partial charge in [0.05, 0.1) is 15.9 Å².